The largest absolute Gasteiger partial charge is 0.390 e. The molecule has 0 bridgehead atoms. The van der Waals surface area contributed by atoms with Crippen LogP contribution in [0.2, 0.25) is 0 Å². The lowest BCUT2D eigenvalue weighted by Crippen LogP contribution is -2.34. The first kappa shape index (κ1) is 13.8. The number of aryl methyl sites for hydroxylation is 1. The predicted molar refractivity (Wildman–Crippen MR) is 78.9 cm³/mol. The van der Waals surface area contributed by atoms with Crippen LogP contribution < -0.4 is 5.32 Å². The summed E-state index contributed by atoms with van der Waals surface area (Å²) in [6.07, 6.45) is 1.86. The van der Waals surface area contributed by atoms with E-state index in [1.807, 2.05) is 24.3 Å². The number of aliphatic hydroxyl groups is 1. The van der Waals surface area contributed by atoms with E-state index in [0.29, 0.717) is 12.1 Å². The predicted octanol–water partition coefficient (Wildman–Crippen LogP) is 1.75. The van der Waals surface area contributed by atoms with Crippen molar-refractivity contribution in [2.75, 3.05) is 0 Å². The Kier molecular flexibility index (Phi) is 3.75. The molecule has 0 saturated carbocycles. The molecule has 21 heavy (non-hydrogen) atoms. The Hall–Kier alpha value is -2.14. The Balaban J connectivity index is 1.75. The monoisotopic (exact) mass is 285 g/mol. The summed E-state index contributed by atoms with van der Waals surface area (Å²) in [5.74, 6) is -0.255. The van der Waals surface area contributed by atoms with E-state index in [0.717, 1.165) is 29.7 Å². The number of aromatic nitrogens is 2. The van der Waals surface area contributed by atoms with Crippen molar-refractivity contribution < 1.29 is 9.90 Å². The van der Waals surface area contributed by atoms with E-state index in [1.165, 1.54) is 0 Å². The zero-order chi connectivity index (χ0) is 14.8. The maximum atomic E-state index is 12.3. The Morgan fingerprint density at radius 2 is 2.29 bits per heavy atom. The lowest BCUT2D eigenvalue weighted by Gasteiger charge is -2.17. The lowest BCUT2D eigenvalue weighted by molar-refractivity contribution is 0.0853. The number of hydrogen-bond acceptors (Lipinski definition) is 3. The number of nitrogens with zero attached hydrogens (tertiary/aromatic N) is 1. The molecule has 1 aliphatic rings. The molecule has 0 unspecified atom stereocenters. The molecule has 2 aromatic rings. The summed E-state index contributed by atoms with van der Waals surface area (Å²) in [5.41, 5.74) is 3.40. The molecular weight excluding hydrogens is 266 g/mol. The van der Waals surface area contributed by atoms with Crippen LogP contribution in [0.4, 0.5) is 0 Å². The van der Waals surface area contributed by atoms with Crippen LogP contribution in [0.25, 0.3) is 0 Å². The zero-order valence-electron chi connectivity index (χ0n) is 12.0. The second-order valence-corrected chi connectivity index (χ2v) is 5.45. The minimum atomic E-state index is -0.583. The zero-order valence-corrected chi connectivity index (χ0v) is 12.0. The first-order valence-corrected chi connectivity index (χ1v) is 7.30. The molecular formula is C16H19N3O2. The van der Waals surface area contributed by atoms with Gasteiger partial charge >= 0.3 is 0 Å². The van der Waals surface area contributed by atoms with Crippen LogP contribution in [-0.2, 0) is 12.8 Å². The van der Waals surface area contributed by atoms with E-state index in [9.17, 15) is 9.90 Å². The second kappa shape index (κ2) is 5.69. The number of nitrogens with one attached hydrogen (secondary N) is 2. The number of hydrogen-bond donors (Lipinski definition) is 3. The first-order chi connectivity index (χ1) is 10.2. The molecule has 1 heterocycles. The van der Waals surface area contributed by atoms with E-state index in [1.54, 1.807) is 6.07 Å². The quantitative estimate of drug-likeness (QED) is 0.801. The molecule has 110 valence electrons. The topological polar surface area (TPSA) is 78.0 Å². The molecule has 1 aromatic carbocycles. The Labute approximate surface area is 123 Å². The van der Waals surface area contributed by atoms with Gasteiger partial charge in [-0.25, -0.2) is 0 Å². The first-order valence-electron chi connectivity index (χ1n) is 7.30. The summed E-state index contributed by atoms with van der Waals surface area (Å²) in [6.45, 7) is 2.08. The van der Waals surface area contributed by atoms with Crippen molar-refractivity contribution in [3.63, 3.8) is 0 Å². The van der Waals surface area contributed by atoms with Gasteiger partial charge < -0.3 is 10.4 Å². The number of aromatic amines is 1. The van der Waals surface area contributed by atoms with Crippen molar-refractivity contribution in [3.05, 3.63) is 52.8 Å². The van der Waals surface area contributed by atoms with Gasteiger partial charge in [0.2, 0.25) is 0 Å². The molecule has 0 aliphatic heterocycles. The molecule has 0 saturated heterocycles. The number of carbonyl (C=O) groups is 1. The molecule has 0 fully saturated rings. The van der Waals surface area contributed by atoms with Gasteiger partial charge in [0.15, 0.2) is 0 Å². The van der Waals surface area contributed by atoms with Crippen molar-refractivity contribution >= 4 is 5.91 Å². The number of rotatable bonds is 4. The number of amides is 1. The third-order valence-corrected chi connectivity index (χ3v) is 3.87. The van der Waals surface area contributed by atoms with E-state index >= 15 is 0 Å². The van der Waals surface area contributed by atoms with Crippen LogP contribution >= 0.6 is 0 Å². The molecule has 5 heteroatoms. The molecule has 2 atom stereocenters. The Morgan fingerprint density at radius 1 is 1.48 bits per heavy atom. The summed E-state index contributed by atoms with van der Waals surface area (Å²) in [5, 5.41) is 19.9. The number of H-pyrrole nitrogens is 1. The molecule has 3 N–H and O–H groups in total. The van der Waals surface area contributed by atoms with Gasteiger partial charge in [-0.05, 0) is 23.6 Å². The normalized spacial score (nSPS) is 20.3. The number of fused-ring (bicyclic) bond motifs is 1. The van der Waals surface area contributed by atoms with Gasteiger partial charge in [0, 0.05) is 12.1 Å². The van der Waals surface area contributed by atoms with Crippen molar-refractivity contribution in [1.29, 1.82) is 0 Å². The number of benzene rings is 1. The molecule has 5 nitrogen and oxygen atoms in total. The van der Waals surface area contributed by atoms with Crippen LogP contribution in [0.3, 0.4) is 0 Å². The summed E-state index contributed by atoms with van der Waals surface area (Å²) in [4.78, 5) is 12.3. The van der Waals surface area contributed by atoms with E-state index in [4.69, 9.17) is 0 Å². The maximum absolute atomic E-state index is 12.3. The fourth-order valence-corrected chi connectivity index (χ4v) is 2.84. The van der Waals surface area contributed by atoms with Gasteiger partial charge in [-0.15, -0.1) is 0 Å². The molecule has 3 rings (SSSR count). The average molecular weight is 285 g/mol. The van der Waals surface area contributed by atoms with Crippen LogP contribution in [-0.4, -0.2) is 27.3 Å². The Morgan fingerprint density at radius 3 is 3.10 bits per heavy atom. The van der Waals surface area contributed by atoms with Gasteiger partial charge in [-0.2, -0.15) is 5.10 Å². The summed E-state index contributed by atoms with van der Waals surface area (Å²) >= 11 is 0. The van der Waals surface area contributed by atoms with E-state index in [-0.39, 0.29) is 11.9 Å². The maximum Gasteiger partial charge on any atom is 0.272 e. The van der Waals surface area contributed by atoms with Gasteiger partial charge in [-0.1, -0.05) is 37.6 Å². The van der Waals surface area contributed by atoms with Gasteiger partial charge in [0.05, 0.1) is 12.1 Å². The molecule has 0 radical (unpaired) electrons. The smallest absolute Gasteiger partial charge is 0.272 e. The van der Waals surface area contributed by atoms with Gasteiger partial charge in [-0.3, -0.25) is 9.89 Å². The third kappa shape index (κ3) is 2.69. The summed E-state index contributed by atoms with van der Waals surface area (Å²) < 4.78 is 0. The van der Waals surface area contributed by atoms with Crippen molar-refractivity contribution in [1.82, 2.24) is 15.5 Å². The van der Waals surface area contributed by atoms with Crippen LogP contribution in [0.1, 0.15) is 46.7 Å². The van der Waals surface area contributed by atoms with Gasteiger partial charge in [0.25, 0.3) is 5.91 Å². The van der Waals surface area contributed by atoms with Crippen LogP contribution in [0.5, 0.6) is 0 Å². The van der Waals surface area contributed by atoms with Crippen molar-refractivity contribution in [2.24, 2.45) is 0 Å². The van der Waals surface area contributed by atoms with E-state index < -0.39 is 6.10 Å². The van der Waals surface area contributed by atoms with Crippen molar-refractivity contribution in [2.45, 2.75) is 38.3 Å². The highest BCUT2D eigenvalue weighted by Crippen LogP contribution is 2.31. The number of carbonyl (C=O) groups excluding carboxylic acids is 1. The molecule has 1 aromatic heterocycles. The average Bonchev–Trinajstić information content (AvgIpc) is 3.05. The third-order valence-electron chi connectivity index (χ3n) is 3.87. The SMILES string of the molecule is CCCc1cc(C(=O)N[C@H]2c3ccccc3C[C@H]2O)n[nH]1. The van der Waals surface area contributed by atoms with Crippen LogP contribution in [0.15, 0.2) is 30.3 Å². The Bertz CT molecular complexity index is 650. The lowest BCUT2D eigenvalue weighted by atomic mass is 10.1. The fourth-order valence-electron chi connectivity index (χ4n) is 2.84. The molecule has 0 spiro atoms. The second-order valence-electron chi connectivity index (χ2n) is 5.45. The highest BCUT2D eigenvalue weighted by molar-refractivity contribution is 5.92. The van der Waals surface area contributed by atoms with Crippen LogP contribution in [0, 0.1) is 0 Å². The van der Waals surface area contributed by atoms with Gasteiger partial charge in [0.1, 0.15) is 5.69 Å². The number of aliphatic hydroxyl groups excluding tert-OH is 1. The fraction of sp³-hybridized carbons (Fsp3) is 0.375. The highest BCUT2D eigenvalue weighted by atomic mass is 16.3. The summed E-state index contributed by atoms with van der Waals surface area (Å²) in [7, 11) is 0. The minimum absolute atomic E-state index is 0.255. The molecule has 1 aliphatic carbocycles. The summed E-state index contributed by atoms with van der Waals surface area (Å²) in [6, 6.07) is 9.21. The molecule has 1 amide bonds. The van der Waals surface area contributed by atoms with E-state index in [2.05, 4.69) is 22.4 Å². The highest BCUT2D eigenvalue weighted by Gasteiger charge is 2.32. The van der Waals surface area contributed by atoms with Crippen molar-refractivity contribution in [3.8, 4) is 0 Å². The minimum Gasteiger partial charge on any atom is -0.390 e. The standard InChI is InChI=1S/C16H19N3O2/c1-2-5-11-9-13(19-18-11)16(21)17-15-12-7-4-3-6-10(12)8-14(15)20/h3-4,6-7,9,14-15,20H,2,5,8H2,1H3,(H,17,21)(H,18,19)/t14-,15+/m1/s1.